The highest BCUT2D eigenvalue weighted by atomic mass is 16.5. The number of hydrogen-bond acceptors (Lipinski definition) is 10. The van der Waals surface area contributed by atoms with E-state index < -0.39 is 0 Å². The molecular formula is C42H59N9O3. The van der Waals surface area contributed by atoms with Gasteiger partial charge in [0.05, 0.1) is 24.2 Å². The molecule has 2 aromatic heterocycles. The molecule has 4 heterocycles. The average Bonchev–Trinajstić information content (AvgIpc) is 3.52. The first-order chi connectivity index (χ1) is 26.0. The molecule has 54 heavy (non-hydrogen) atoms. The van der Waals surface area contributed by atoms with Crippen molar-refractivity contribution in [2.75, 3.05) is 90.8 Å². The number of fused-ring (bicyclic) bond motifs is 1. The number of amides is 1. The van der Waals surface area contributed by atoms with Gasteiger partial charge in [0.25, 0.3) is 0 Å². The van der Waals surface area contributed by atoms with E-state index >= 15 is 0 Å². The molecule has 12 nitrogen and oxygen atoms in total. The summed E-state index contributed by atoms with van der Waals surface area (Å²) in [5, 5.41) is 7.50. The van der Waals surface area contributed by atoms with Crippen LogP contribution in [-0.4, -0.2) is 132 Å². The van der Waals surface area contributed by atoms with Gasteiger partial charge in [0, 0.05) is 98.9 Å². The molecule has 0 radical (unpaired) electrons. The molecule has 0 saturated carbocycles. The Balaban J connectivity index is 1.10. The summed E-state index contributed by atoms with van der Waals surface area (Å²) >= 11 is 0. The third-order valence-electron chi connectivity index (χ3n) is 11.2. The fourth-order valence-corrected chi connectivity index (χ4v) is 7.48. The number of aromatic nitrogens is 3. The van der Waals surface area contributed by atoms with Crippen LogP contribution in [0.4, 0.5) is 17.3 Å². The van der Waals surface area contributed by atoms with Crippen LogP contribution in [0.3, 0.4) is 0 Å². The zero-order valence-corrected chi connectivity index (χ0v) is 33.3. The Hall–Kier alpha value is -4.49. The molecule has 2 aliphatic heterocycles. The second kappa shape index (κ2) is 17.8. The number of likely N-dealkylation sites (tertiary alicyclic amines) is 1. The number of piperidine rings is 1. The van der Waals surface area contributed by atoms with E-state index in [9.17, 15) is 4.79 Å². The van der Waals surface area contributed by atoms with Gasteiger partial charge >= 0.3 is 0 Å². The quantitative estimate of drug-likeness (QED) is 0.139. The second-order valence-corrected chi connectivity index (χ2v) is 15.4. The number of methoxy groups -OCH3 is 1. The lowest BCUT2D eigenvalue weighted by atomic mass is 9.97. The Labute approximate surface area is 321 Å². The highest BCUT2D eigenvalue weighted by Gasteiger charge is 2.32. The van der Waals surface area contributed by atoms with Crippen LogP contribution in [0.5, 0.6) is 11.5 Å². The van der Waals surface area contributed by atoms with Crippen LogP contribution < -0.4 is 20.1 Å². The van der Waals surface area contributed by atoms with Crippen molar-refractivity contribution in [2.24, 2.45) is 7.05 Å². The van der Waals surface area contributed by atoms with Gasteiger partial charge in [0.15, 0.2) is 0 Å². The van der Waals surface area contributed by atoms with Gasteiger partial charge in [0.2, 0.25) is 11.9 Å². The topological polar surface area (TPSA) is 103 Å². The molecule has 0 spiro atoms. The molecule has 2 N–H and O–H groups in total. The highest BCUT2D eigenvalue weighted by Crippen LogP contribution is 2.38. The molecule has 0 atom stereocenters. The molecular weight excluding hydrogens is 679 g/mol. The van der Waals surface area contributed by atoms with E-state index in [4.69, 9.17) is 14.5 Å². The van der Waals surface area contributed by atoms with Crippen LogP contribution in [-0.2, 0) is 11.8 Å². The monoisotopic (exact) mass is 737 g/mol. The van der Waals surface area contributed by atoms with Crippen LogP contribution >= 0.6 is 0 Å². The lowest BCUT2D eigenvalue weighted by Gasteiger charge is -2.47. The molecule has 2 fully saturated rings. The molecule has 2 aromatic carbocycles. The predicted molar refractivity (Wildman–Crippen MR) is 219 cm³/mol. The van der Waals surface area contributed by atoms with E-state index in [1.165, 1.54) is 19.3 Å². The molecule has 0 bridgehead atoms. The van der Waals surface area contributed by atoms with Gasteiger partial charge < -0.3 is 29.6 Å². The second-order valence-electron chi connectivity index (χ2n) is 15.4. The van der Waals surface area contributed by atoms with Gasteiger partial charge in [0.1, 0.15) is 18.1 Å². The van der Waals surface area contributed by atoms with Gasteiger partial charge in [-0.25, -0.2) is 9.97 Å². The number of rotatable bonds is 15. The average molecular weight is 738 g/mol. The first-order valence-electron chi connectivity index (χ1n) is 19.4. The molecule has 0 aliphatic carbocycles. The molecule has 290 valence electrons. The van der Waals surface area contributed by atoms with Crippen LogP contribution in [0, 0.1) is 0 Å². The molecule has 1 amide bonds. The Morgan fingerprint density at radius 2 is 1.78 bits per heavy atom. The third kappa shape index (κ3) is 9.59. The van der Waals surface area contributed by atoms with Crippen LogP contribution in [0.25, 0.3) is 22.2 Å². The van der Waals surface area contributed by atoms with Gasteiger partial charge in [-0.15, -0.1) is 0 Å². The minimum Gasteiger partial charge on any atom is -0.494 e. The van der Waals surface area contributed by atoms with Crippen LogP contribution in [0.1, 0.15) is 40.0 Å². The summed E-state index contributed by atoms with van der Waals surface area (Å²) in [6, 6.07) is 14.4. The van der Waals surface area contributed by atoms with Crippen molar-refractivity contribution in [2.45, 2.75) is 51.6 Å². The summed E-state index contributed by atoms with van der Waals surface area (Å²) in [4.78, 5) is 32.5. The fraction of sp³-hybridized carbons (Fsp3) is 0.500. The van der Waals surface area contributed by atoms with Crippen molar-refractivity contribution < 1.29 is 14.3 Å². The normalized spacial score (nSPS) is 16.7. The number of nitrogens with zero attached hydrogens (tertiary/aromatic N) is 7. The number of para-hydroxylation sites is 1. The predicted octanol–water partition coefficient (Wildman–Crippen LogP) is 6.09. The Morgan fingerprint density at radius 3 is 2.50 bits per heavy atom. The summed E-state index contributed by atoms with van der Waals surface area (Å²) in [6.07, 6.45) is 10.9. The molecule has 4 aromatic rings. The molecule has 0 unspecified atom stereocenters. The van der Waals surface area contributed by atoms with Crippen LogP contribution in [0.15, 0.2) is 67.0 Å². The van der Waals surface area contributed by atoms with E-state index in [1.54, 1.807) is 25.4 Å². The van der Waals surface area contributed by atoms with Crippen molar-refractivity contribution in [3.8, 4) is 22.8 Å². The van der Waals surface area contributed by atoms with E-state index in [0.29, 0.717) is 48.0 Å². The first kappa shape index (κ1) is 39.2. The summed E-state index contributed by atoms with van der Waals surface area (Å²) in [5.74, 6) is 1.24. The SMILES string of the molecule is CCC(C)(C)N1CCN(C2CCN(C/C=C/C(=O)Nc3cc(Nc4nccc(-c5cn(C)c6ccccc56)n4)c(OC)cc3OCCN(C)C)CC2)CC1. The number of carbonyl (C=O) groups excluding carboxylic acids is 1. The minimum absolute atomic E-state index is 0.222. The molecule has 12 heteroatoms. The lowest BCUT2D eigenvalue weighted by Crippen LogP contribution is -2.57. The lowest BCUT2D eigenvalue weighted by molar-refractivity contribution is -0.111. The van der Waals surface area contributed by atoms with Crippen molar-refractivity contribution in [3.05, 3.63) is 67.0 Å². The number of likely N-dealkylation sites (N-methyl/N-ethyl adjacent to an activating group) is 1. The Morgan fingerprint density at radius 1 is 1.02 bits per heavy atom. The maximum atomic E-state index is 13.3. The zero-order chi connectivity index (χ0) is 38.2. The van der Waals surface area contributed by atoms with Gasteiger partial charge in [-0.3, -0.25) is 19.5 Å². The number of carbonyl (C=O) groups is 1. The number of ether oxygens (including phenoxy) is 2. The Kier molecular flexibility index (Phi) is 12.9. The number of anilines is 3. The van der Waals surface area contributed by atoms with E-state index in [1.807, 2.05) is 56.4 Å². The summed E-state index contributed by atoms with van der Waals surface area (Å²) in [6.45, 7) is 15.6. The molecule has 2 saturated heterocycles. The number of aryl methyl sites for hydroxylation is 1. The highest BCUT2D eigenvalue weighted by molar-refractivity contribution is 6.01. The van der Waals surface area contributed by atoms with E-state index in [-0.39, 0.29) is 11.4 Å². The largest absolute Gasteiger partial charge is 0.494 e. The van der Waals surface area contributed by atoms with Crippen molar-refractivity contribution in [1.29, 1.82) is 0 Å². The van der Waals surface area contributed by atoms with Crippen molar-refractivity contribution in [1.82, 2.24) is 34.1 Å². The summed E-state index contributed by atoms with van der Waals surface area (Å²) < 4.78 is 14.0. The number of benzene rings is 2. The minimum atomic E-state index is -0.222. The first-order valence-corrected chi connectivity index (χ1v) is 19.4. The number of nitrogens with one attached hydrogen (secondary N) is 2. The maximum absolute atomic E-state index is 13.3. The third-order valence-corrected chi connectivity index (χ3v) is 11.2. The van der Waals surface area contributed by atoms with E-state index in [2.05, 4.69) is 74.0 Å². The van der Waals surface area contributed by atoms with Gasteiger partial charge in [-0.2, -0.15) is 0 Å². The van der Waals surface area contributed by atoms with Gasteiger partial charge in [-0.05, 0) is 78.5 Å². The van der Waals surface area contributed by atoms with E-state index in [0.717, 1.165) is 68.0 Å². The fourth-order valence-electron chi connectivity index (χ4n) is 7.48. The summed E-state index contributed by atoms with van der Waals surface area (Å²) in [7, 11) is 7.63. The number of hydrogen-bond donors (Lipinski definition) is 2. The van der Waals surface area contributed by atoms with Crippen LogP contribution in [0.2, 0.25) is 0 Å². The maximum Gasteiger partial charge on any atom is 0.248 e. The molecule has 2 aliphatic rings. The number of piperazine rings is 1. The summed E-state index contributed by atoms with van der Waals surface area (Å²) in [5.41, 5.74) is 4.35. The standard InChI is InChI=1S/C42H59N9O3/c1-8-42(2,3)51-24-22-50(23-25-51)31-16-20-49(21-17-31)19-11-14-40(52)44-36-28-35(38(53-7)29-39(36)54-27-26-47(4)5)46-41-43-18-15-34(45-41)33-30-48(6)37-13-10-9-12-32(33)37/h9-15,18,28-31H,8,16-17,19-27H2,1-7H3,(H,44,52)(H,43,45,46)/b14-11+. The molecule has 6 rings (SSSR count). The zero-order valence-electron chi connectivity index (χ0n) is 33.3. The van der Waals surface area contributed by atoms with Crippen molar-refractivity contribution >= 4 is 34.1 Å². The Bertz CT molecular complexity index is 1890. The van der Waals surface area contributed by atoms with Crippen molar-refractivity contribution in [3.63, 3.8) is 0 Å². The smallest absolute Gasteiger partial charge is 0.248 e. The van der Waals surface area contributed by atoms with Gasteiger partial charge in [-0.1, -0.05) is 31.2 Å².